The number of carbonyl (C=O) groups is 2. The first-order valence-corrected chi connectivity index (χ1v) is 12.9. The number of allylic oxidation sites excluding steroid dienone is 2. The highest BCUT2D eigenvalue weighted by molar-refractivity contribution is 8.03. The quantitative estimate of drug-likeness (QED) is 0.428. The second kappa shape index (κ2) is 11.2. The first-order valence-electron chi connectivity index (χ1n) is 11.5. The number of hydrogen-bond donors (Lipinski definition) is 2. The maximum Gasteiger partial charge on any atom is 0.337 e. The summed E-state index contributed by atoms with van der Waals surface area (Å²) in [6.07, 6.45) is 0. The Morgan fingerprint density at radius 2 is 1.81 bits per heavy atom. The van der Waals surface area contributed by atoms with Gasteiger partial charge in [0.15, 0.2) is 0 Å². The molecule has 6 nitrogen and oxygen atoms in total. The summed E-state index contributed by atoms with van der Waals surface area (Å²) in [6.45, 7) is 11.1. The monoisotopic (exact) mass is 523 g/mol. The van der Waals surface area contributed by atoms with Gasteiger partial charge in [-0.3, -0.25) is 4.79 Å². The number of amides is 1. The molecule has 2 N–H and O–H groups in total. The maximum atomic E-state index is 13.2. The molecule has 0 spiro atoms. The number of anilines is 1. The van der Waals surface area contributed by atoms with Crippen molar-refractivity contribution in [1.82, 2.24) is 5.32 Å². The van der Waals surface area contributed by atoms with Crippen molar-refractivity contribution >= 4 is 40.9 Å². The second-order valence-corrected chi connectivity index (χ2v) is 11.1. The first-order chi connectivity index (χ1) is 16.9. The zero-order chi connectivity index (χ0) is 26.6. The number of esters is 1. The van der Waals surface area contributed by atoms with Crippen LogP contribution < -0.4 is 10.6 Å². The van der Waals surface area contributed by atoms with E-state index in [1.807, 2.05) is 32.0 Å². The molecule has 8 heteroatoms. The molecule has 0 fully saturated rings. The normalized spacial score (nSPS) is 15.8. The van der Waals surface area contributed by atoms with Crippen LogP contribution in [0.3, 0.4) is 0 Å². The van der Waals surface area contributed by atoms with Gasteiger partial charge in [0.2, 0.25) is 5.91 Å². The molecule has 2 aromatic rings. The number of hydrogen-bond acceptors (Lipinski definition) is 6. The molecule has 0 aliphatic carbocycles. The fourth-order valence-electron chi connectivity index (χ4n) is 3.81. The van der Waals surface area contributed by atoms with Crippen LogP contribution in [-0.4, -0.2) is 23.2 Å². The van der Waals surface area contributed by atoms with Crippen molar-refractivity contribution in [3.8, 4) is 6.07 Å². The minimum atomic E-state index is -0.702. The van der Waals surface area contributed by atoms with Gasteiger partial charge in [0.1, 0.15) is 5.60 Å². The fourth-order valence-corrected chi connectivity index (χ4v) is 4.83. The van der Waals surface area contributed by atoms with Crippen LogP contribution in [-0.2, 0) is 14.3 Å². The summed E-state index contributed by atoms with van der Waals surface area (Å²) in [6, 6.07) is 15.2. The Labute approximate surface area is 221 Å². The summed E-state index contributed by atoms with van der Waals surface area (Å²) < 4.78 is 5.67. The van der Waals surface area contributed by atoms with Gasteiger partial charge in [0.05, 0.1) is 33.9 Å². The van der Waals surface area contributed by atoms with E-state index in [2.05, 4.69) is 16.7 Å². The minimum Gasteiger partial charge on any atom is -0.457 e. The van der Waals surface area contributed by atoms with E-state index in [1.165, 1.54) is 11.8 Å². The number of halogens is 1. The van der Waals surface area contributed by atoms with Crippen molar-refractivity contribution in [1.29, 1.82) is 5.26 Å². The molecule has 0 bridgehead atoms. The zero-order valence-corrected chi connectivity index (χ0v) is 22.9. The summed E-state index contributed by atoms with van der Waals surface area (Å²) in [5, 5.41) is 17.4. The third-order valence-corrected chi connectivity index (χ3v) is 6.75. The highest BCUT2D eigenvalue weighted by atomic mass is 35.5. The maximum absolute atomic E-state index is 13.2. The topological polar surface area (TPSA) is 91.2 Å². The van der Waals surface area contributed by atoms with E-state index in [0.717, 1.165) is 22.4 Å². The molecule has 1 heterocycles. The lowest BCUT2D eigenvalue weighted by atomic mass is 9.82. The molecule has 0 saturated carbocycles. The van der Waals surface area contributed by atoms with Crippen LogP contribution in [0.15, 0.2) is 64.3 Å². The Bertz CT molecular complexity index is 1280. The molecule has 1 atom stereocenters. The highest BCUT2D eigenvalue weighted by Crippen LogP contribution is 2.41. The predicted octanol–water partition coefficient (Wildman–Crippen LogP) is 6.37. The molecule has 0 unspecified atom stereocenters. The Kier molecular flexibility index (Phi) is 8.55. The molecule has 2 aromatic carbocycles. The molecule has 1 aliphatic rings. The fraction of sp³-hybridized carbons (Fsp3) is 0.321. The highest BCUT2D eigenvalue weighted by Gasteiger charge is 2.37. The van der Waals surface area contributed by atoms with Gasteiger partial charge in [0, 0.05) is 16.4 Å². The van der Waals surface area contributed by atoms with Crippen molar-refractivity contribution in [2.24, 2.45) is 0 Å². The molecule has 3 rings (SSSR count). The van der Waals surface area contributed by atoms with E-state index in [4.69, 9.17) is 16.3 Å². The van der Waals surface area contributed by atoms with Gasteiger partial charge in [-0.15, -0.1) is 0 Å². The molecule has 36 heavy (non-hydrogen) atoms. The number of ether oxygens (including phenoxy) is 1. The summed E-state index contributed by atoms with van der Waals surface area (Å²) in [4.78, 5) is 26.0. The Morgan fingerprint density at radius 3 is 2.42 bits per heavy atom. The van der Waals surface area contributed by atoms with Gasteiger partial charge in [-0.05, 0) is 76.4 Å². The summed E-state index contributed by atoms with van der Waals surface area (Å²) in [7, 11) is 0. The van der Waals surface area contributed by atoms with Crippen LogP contribution in [0.4, 0.5) is 5.69 Å². The second-order valence-electron chi connectivity index (χ2n) is 9.66. The van der Waals surface area contributed by atoms with Gasteiger partial charge in [-0.2, -0.15) is 5.26 Å². The van der Waals surface area contributed by atoms with E-state index < -0.39 is 17.5 Å². The number of nitriles is 1. The van der Waals surface area contributed by atoms with Gasteiger partial charge in [-0.1, -0.05) is 47.6 Å². The third kappa shape index (κ3) is 6.71. The molecule has 188 valence electrons. The number of rotatable bonds is 6. The molecule has 0 aromatic heterocycles. The number of dihydropyridines is 1. The zero-order valence-electron chi connectivity index (χ0n) is 21.3. The average molecular weight is 524 g/mol. The summed E-state index contributed by atoms with van der Waals surface area (Å²) >= 11 is 7.32. The van der Waals surface area contributed by atoms with Crippen LogP contribution >= 0.6 is 23.4 Å². The molecule has 1 aliphatic heterocycles. The number of thioether (sulfide) groups is 1. The average Bonchev–Trinajstić information content (AvgIpc) is 2.79. The van der Waals surface area contributed by atoms with Gasteiger partial charge in [0.25, 0.3) is 0 Å². The van der Waals surface area contributed by atoms with Crippen molar-refractivity contribution in [2.75, 3.05) is 11.1 Å². The number of nitrogens with one attached hydrogen (secondary N) is 2. The van der Waals surface area contributed by atoms with Gasteiger partial charge < -0.3 is 15.4 Å². The predicted molar refractivity (Wildman–Crippen MR) is 146 cm³/mol. The summed E-state index contributed by atoms with van der Waals surface area (Å²) in [5.74, 6) is -1.27. The van der Waals surface area contributed by atoms with Crippen LogP contribution in [0, 0.1) is 25.2 Å². The van der Waals surface area contributed by atoms with Gasteiger partial charge in [-0.25, -0.2) is 4.79 Å². The van der Waals surface area contributed by atoms with Crippen molar-refractivity contribution in [2.45, 2.75) is 53.1 Å². The minimum absolute atomic E-state index is 0.0866. The molecule has 1 amide bonds. The molecular formula is C28H30ClN3O3S. The third-order valence-electron chi connectivity index (χ3n) is 5.48. The number of carbonyl (C=O) groups excluding carboxylic acids is 2. The van der Waals surface area contributed by atoms with Crippen LogP contribution in [0.2, 0.25) is 5.02 Å². The number of benzene rings is 2. The first kappa shape index (κ1) is 27.4. The summed E-state index contributed by atoms with van der Waals surface area (Å²) in [5.41, 5.74) is 4.07. The largest absolute Gasteiger partial charge is 0.457 e. The van der Waals surface area contributed by atoms with E-state index in [-0.39, 0.29) is 11.7 Å². The Balaban J connectivity index is 1.92. The van der Waals surface area contributed by atoms with Gasteiger partial charge >= 0.3 is 5.97 Å². The van der Waals surface area contributed by atoms with Crippen LogP contribution in [0.1, 0.15) is 50.3 Å². The van der Waals surface area contributed by atoms with E-state index in [0.29, 0.717) is 26.9 Å². The lowest BCUT2D eigenvalue weighted by Gasteiger charge is -2.31. The van der Waals surface area contributed by atoms with Crippen molar-refractivity contribution < 1.29 is 14.3 Å². The number of aryl methyl sites for hydroxylation is 2. The van der Waals surface area contributed by atoms with Crippen LogP contribution in [0.5, 0.6) is 0 Å². The van der Waals surface area contributed by atoms with E-state index >= 15 is 0 Å². The standard InChI is InChI=1S/C28H30ClN3O3S/c1-16-7-8-17(2)22(13-16)32-23(33)15-36-26-21(14-30)25(19-9-11-20(29)12-10-19)24(18(3)31-26)27(34)35-28(4,5)6/h7-13,25,31H,15H2,1-6H3,(H,32,33)/t25-/m1/s1. The Hall–Kier alpha value is -3.21. The lowest BCUT2D eigenvalue weighted by Crippen LogP contribution is -2.32. The molecule has 0 saturated heterocycles. The number of nitrogens with zero attached hydrogens (tertiary/aromatic N) is 1. The van der Waals surface area contributed by atoms with E-state index in [9.17, 15) is 14.9 Å². The lowest BCUT2D eigenvalue weighted by molar-refractivity contribution is -0.150. The Morgan fingerprint density at radius 1 is 1.14 bits per heavy atom. The molecule has 0 radical (unpaired) electrons. The van der Waals surface area contributed by atoms with Crippen molar-refractivity contribution in [3.05, 3.63) is 86.0 Å². The smallest absolute Gasteiger partial charge is 0.337 e. The van der Waals surface area contributed by atoms with Crippen molar-refractivity contribution in [3.63, 3.8) is 0 Å². The van der Waals surface area contributed by atoms with Crippen LogP contribution in [0.25, 0.3) is 0 Å². The molecular weight excluding hydrogens is 494 g/mol. The SMILES string of the molecule is CC1=C(C(=O)OC(C)(C)C)[C@H](c2ccc(Cl)cc2)C(C#N)=C(SCC(=O)Nc2cc(C)ccc2C)N1. The van der Waals surface area contributed by atoms with E-state index in [1.54, 1.807) is 52.0 Å².